The number of aromatic hydroxyl groups is 1. The predicted molar refractivity (Wildman–Crippen MR) is 84.1 cm³/mol. The molecule has 0 atom stereocenters. The minimum atomic E-state index is 0.139. The highest BCUT2D eigenvalue weighted by Gasteiger charge is 2.05. The highest BCUT2D eigenvalue weighted by atomic mass is 16.3. The Morgan fingerprint density at radius 1 is 1.00 bits per heavy atom. The predicted octanol–water partition coefficient (Wildman–Crippen LogP) is 5.00. The van der Waals surface area contributed by atoms with Crippen molar-refractivity contribution in [3.63, 3.8) is 0 Å². The van der Waals surface area contributed by atoms with E-state index in [1.54, 1.807) is 30.5 Å². The molecule has 3 rings (SSSR count). The van der Waals surface area contributed by atoms with Crippen LogP contribution < -0.4 is 0 Å². The lowest BCUT2D eigenvalue weighted by Gasteiger charge is -2.02. The van der Waals surface area contributed by atoms with Crippen molar-refractivity contribution in [2.24, 2.45) is 10.2 Å². The number of nitrogens with zero attached hydrogens (tertiary/aromatic N) is 3. The number of phenols is 1. The Morgan fingerprint density at radius 2 is 1.81 bits per heavy atom. The monoisotopic (exact) mass is 275 g/mol. The third-order valence-corrected chi connectivity index (χ3v) is 3.13. The summed E-state index contributed by atoms with van der Waals surface area (Å²) in [5, 5.41) is 19.0. The molecule has 0 bridgehead atoms. The Morgan fingerprint density at radius 3 is 2.57 bits per heavy atom. The van der Waals surface area contributed by atoms with Gasteiger partial charge in [-0.05, 0) is 42.0 Å². The van der Waals surface area contributed by atoms with Gasteiger partial charge in [-0.15, -0.1) is 5.11 Å². The van der Waals surface area contributed by atoms with E-state index in [2.05, 4.69) is 21.8 Å². The van der Waals surface area contributed by atoms with E-state index in [1.807, 2.05) is 30.3 Å². The number of phenolic OH excluding ortho intramolecular Hbond substituents is 1. The average molecular weight is 275 g/mol. The molecule has 4 heteroatoms. The zero-order valence-corrected chi connectivity index (χ0v) is 11.3. The molecule has 0 fully saturated rings. The number of azo groups is 1. The molecule has 3 aromatic rings. The first-order valence-electron chi connectivity index (χ1n) is 6.49. The zero-order valence-electron chi connectivity index (χ0n) is 11.3. The van der Waals surface area contributed by atoms with Crippen molar-refractivity contribution in [3.8, 4) is 5.75 Å². The van der Waals surface area contributed by atoms with Crippen LogP contribution >= 0.6 is 0 Å². The fourth-order valence-corrected chi connectivity index (χ4v) is 2.02. The van der Waals surface area contributed by atoms with Gasteiger partial charge in [0, 0.05) is 11.6 Å². The molecule has 2 aromatic carbocycles. The summed E-state index contributed by atoms with van der Waals surface area (Å²) in [6, 6.07) is 14.6. The van der Waals surface area contributed by atoms with Gasteiger partial charge in [-0.1, -0.05) is 24.8 Å². The number of aromatic nitrogens is 1. The van der Waals surface area contributed by atoms with Crippen LogP contribution in [-0.4, -0.2) is 10.1 Å². The SMILES string of the molecule is C=Cc1ccc(N=Nc2ccc(O)c3ncccc23)cc1. The van der Waals surface area contributed by atoms with Crippen LogP contribution in [0, 0.1) is 0 Å². The Kier molecular flexibility index (Phi) is 3.43. The van der Waals surface area contributed by atoms with Gasteiger partial charge in [-0.2, -0.15) is 5.11 Å². The van der Waals surface area contributed by atoms with Crippen molar-refractivity contribution < 1.29 is 5.11 Å². The summed E-state index contributed by atoms with van der Waals surface area (Å²) in [4.78, 5) is 4.16. The van der Waals surface area contributed by atoms with Gasteiger partial charge in [-0.25, -0.2) is 0 Å². The molecular formula is C17H13N3O. The van der Waals surface area contributed by atoms with E-state index in [0.717, 1.165) is 16.6 Å². The largest absolute Gasteiger partial charge is 0.506 e. The number of fused-ring (bicyclic) bond motifs is 1. The van der Waals surface area contributed by atoms with Gasteiger partial charge in [0.1, 0.15) is 11.3 Å². The Bertz CT molecular complexity index is 823. The molecule has 4 nitrogen and oxygen atoms in total. The molecule has 0 aliphatic carbocycles. The van der Waals surface area contributed by atoms with E-state index < -0.39 is 0 Å². The van der Waals surface area contributed by atoms with E-state index in [1.165, 1.54) is 0 Å². The highest BCUT2D eigenvalue weighted by molar-refractivity contribution is 5.93. The van der Waals surface area contributed by atoms with Crippen LogP contribution in [0.2, 0.25) is 0 Å². The van der Waals surface area contributed by atoms with E-state index in [-0.39, 0.29) is 5.75 Å². The topological polar surface area (TPSA) is 57.8 Å². The molecule has 0 saturated heterocycles. The smallest absolute Gasteiger partial charge is 0.141 e. The van der Waals surface area contributed by atoms with Crippen LogP contribution in [-0.2, 0) is 0 Å². The van der Waals surface area contributed by atoms with E-state index >= 15 is 0 Å². The Balaban J connectivity index is 1.99. The van der Waals surface area contributed by atoms with Crippen molar-refractivity contribution in [2.75, 3.05) is 0 Å². The van der Waals surface area contributed by atoms with Crippen molar-refractivity contribution in [1.82, 2.24) is 4.98 Å². The maximum absolute atomic E-state index is 9.79. The third-order valence-electron chi connectivity index (χ3n) is 3.13. The second kappa shape index (κ2) is 5.54. The van der Waals surface area contributed by atoms with Gasteiger partial charge in [0.25, 0.3) is 0 Å². The fourth-order valence-electron chi connectivity index (χ4n) is 2.02. The van der Waals surface area contributed by atoms with Gasteiger partial charge in [0.15, 0.2) is 0 Å². The average Bonchev–Trinajstić information content (AvgIpc) is 2.55. The van der Waals surface area contributed by atoms with Gasteiger partial charge >= 0.3 is 0 Å². The molecular weight excluding hydrogens is 262 g/mol. The highest BCUT2D eigenvalue weighted by Crippen LogP contribution is 2.31. The Hall–Kier alpha value is -3.01. The number of hydrogen-bond donors (Lipinski definition) is 1. The molecule has 1 N–H and O–H groups in total. The van der Waals surface area contributed by atoms with E-state index in [9.17, 15) is 5.11 Å². The van der Waals surface area contributed by atoms with E-state index in [0.29, 0.717) is 11.2 Å². The maximum Gasteiger partial charge on any atom is 0.141 e. The molecule has 0 amide bonds. The van der Waals surface area contributed by atoms with E-state index in [4.69, 9.17) is 0 Å². The molecule has 0 saturated carbocycles. The quantitative estimate of drug-likeness (QED) is 0.684. The first kappa shape index (κ1) is 13.0. The van der Waals surface area contributed by atoms with Crippen LogP contribution in [0.15, 0.2) is 71.5 Å². The molecule has 0 unspecified atom stereocenters. The zero-order chi connectivity index (χ0) is 14.7. The lowest BCUT2D eigenvalue weighted by molar-refractivity contribution is 0.480. The first-order valence-corrected chi connectivity index (χ1v) is 6.49. The summed E-state index contributed by atoms with van der Waals surface area (Å²) in [6.07, 6.45) is 3.41. The molecule has 1 heterocycles. The van der Waals surface area contributed by atoms with Gasteiger partial charge in [0.2, 0.25) is 0 Å². The maximum atomic E-state index is 9.79. The number of benzene rings is 2. The number of rotatable bonds is 3. The van der Waals surface area contributed by atoms with Crippen LogP contribution in [0.3, 0.4) is 0 Å². The minimum absolute atomic E-state index is 0.139. The summed E-state index contributed by atoms with van der Waals surface area (Å²) in [7, 11) is 0. The normalized spacial score (nSPS) is 11.0. The first-order chi connectivity index (χ1) is 10.3. The summed E-state index contributed by atoms with van der Waals surface area (Å²) in [6.45, 7) is 3.71. The number of hydrogen-bond acceptors (Lipinski definition) is 4. The second-order valence-electron chi connectivity index (χ2n) is 4.50. The van der Waals surface area contributed by atoms with Crippen molar-refractivity contribution in [2.45, 2.75) is 0 Å². The molecule has 0 aliphatic heterocycles. The minimum Gasteiger partial charge on any atom is -0.506 e. The van der Waals surface area contributed by atoms with Crippen LogP contribution in [0.4, 0.5) is 11.4 Å². The Labute approximate surface area is 122 Å². The fraction of sp³-hybridized carbons (Fsp3) is 0. The summed E-state index contributed by atoms with van der Waals surface area (Å²) in [5.74, 6) is 0.139. The van der Waals surface area contributed by atoms with Crippen LogP contribution in [0.5, 0.6) is 5.75 Å². The van der Waals surface area contributed by atoms with Crippen molar-refractivity contribution in [1.29, 1.82) is 0 Å². The van der Waals surface area contributed by atoms with Crippen LogP contribution in [0.25, 0.3) is 17.0 Å². The van der Waals surface area contributed by atoms with Crippen molar-refractivity contribution in [3.05, 3.63) is 66.9 Å². The standard InChI is InChI=1S/C17H13N3O/c1-2-12-5-7-13(8-6-12)19-20-15-9-10-16(21)17-14(15)4-3-11-18-17/h2-11,21H,1H2. The summed E-state index contributed by atoms with van der Waals surface area (Å²) in [5.41, 5.74) is 2.98. The summed E-state index contributed by atoms with van der Waals surface area (Å²) >= 11 is 0. The van der Waals surface area contributed by atoms with Gasteiger partial charge < -0.3 is 5.11 Å². The lowest BCUT2D eigenvalue weighted by atomic mass is 10.2. The third kappa shape index (κ3) is 2.65. The van der Waals surface area contributed by atoms with Gasteiger partial charge in [-0.3, -0.25) is 4.98 Å². The van der Waals surface area contributed by atoms with Crippen LogP contribution in [0.1, 0.15) is 5.56 Å². The molecule has 1 aromatic heterocycles. The molecule has 0 spiro atoms. The molecule has 0 aliphatic rings. The molecule has 102 valence electrons. The molecule has 0 radical (unpaired) electrons. The number of pyridine rings is 1. The summed E-state index contributed by atoms with van der Waals surface area (Å²) < 4.78 is 0. The van der Waals surface area contributed by atoms with Crippen molar-refractivity contribution >= 4 is 28.4 Å². The molecule has 21 heavy (non-hydrogen) atoms. The van der Waals surface area contributed by atoms with Gasteiger partial charge in [0.05, 0.1) is 11.4 Å². The lowest BCUT2D eigenvalue weighted by Crippen LogP contribution is -1.79. The second-order valence-corrected chi connectivity index (χ2v) is 4.50.